The largest absolute Gasteiger partial charge is 0.452 e. The van der Waals surface area contributed by atoms with Crippen molar-refractivity contribution in [2.45, 2.75) is 0 Å². The van der Waals surface area contributed by atoms with Gasteiger partial charge in [-0.1, -0.05) is 200 Å². The molecule has 4 heterocycles. The second-order valence-corrected chi connectivity index (χ2v) is 19.8. The van der Waals surface area contributed by atoms with Gasteiger partial charge in [-0.3, -0.25) is 0 Å². The summed E-state index contributed by atoms with van der Waals surface area (Å²) < 4.78 is 12.8. The third-order valence-electron chi connectivity index (χ3n) is 15.5. The van der Waals surface area contributed by atoms with Crippen LogP contribution in [0.15, 0.2) is 265 Å². The van der Waals surface area contributed by atoms with Gasteiger partial charge >= 0.3 is 0 Å². The summed E-state index contributed by atoms with van der Waals surface area (Å²) in [5.41, 5.74) is 14.8. The van der Waals surface area contributed by atoms with Crippen LogP contribution in [0.4, 0.5) is 0 Å². The van der Waals surface area contributed by atoms with Gasteiger partial charge in [0.25, 0.3) is 5.69 Å². The molecule has 7 heteroatoms. The van der Waals surface area contributed by atoms with E-state index in [4.69, 9.17) is 19.6 Å². The number of fused-ring (bicyclic) bond motifs is 7. The van der Waals surface area contributed by atoms with Crippen molar-refractivity contribution < 1.29 is 9.21 Å². The molecule has 0 aliphatic heterocycles. The molecule has 16 rings (SSSR count). The molecule has 0 N–H and O–H groups in total. The number of hydrogen-bond acceptors (Lipinski definition) is 4. The lowest BCUT2D eigenvalue weighted by molar-refractivity contribution is -0.718. The van der Waals surface area contributed by atoms with Crippen molar-refractivity contribution in [2.75, 3.05) is 0 Å². The Morgan fingerprint density at radius 1 is 0.312 bits per heavy atom. The number of para-hydroxylation sites is 3. The minimum Gasteiger partial charge on any atom is -0.452 e. The Morgan fingerprint density at radius 3 is 1.43 bits per heavy atom. The van der Waals surface area contributed by atoms with Crippen LogP contribution in [0.2, 0.25) is 0 Å². The average Bonchev–Trinajstić information content (AvgIpc) is 3.98. The molecule has 0 radical (unpaired) electrons. The summed E-state index contributed by atoms with van der Waals surface area (Å²) in [6.07, 6.45) is 0. The lowest BCUT2D eigenvalue weighted by Gasteiger charge is -2.15. The predicted octanol–water partition coefficient (Wildman–Crippen LogP) is 17.2. The summed E-state index contributed by atoms with van der Waals surface area (Å²) in [6, 6.07) is 92.5. The van der Waals surface area contributed by atoms with Crippen molar-refractivity contribution in [1.82, 2.24) is 24.3 Å². The van der Waals surface area contributed by atoms with Crippen LogP contribution in [0.25, 0.3) is 149 Å². The van der Waals surface area contributed by atoms with Crippen molar-refractivity contribution in [3.8, 4) is 62.1 Å². The molecule has 0 atom stereocenters. The zero-order chi connectivity index (χ0) is 50.6. The Labute approximate surface area is 441 Å². The normalized spacial score (nSPS) is 11.9. The molecular weight excluding hydrogens is 941 g/mol. The summed E-state index contributed by atoms with van der Waals surface area (Å²) in [5.74, 6) is 1.09. The third-order valence-corrected chi connectivity index (χ3v) is 15.5. The van der Waals surface area contributed by atoms with E-state index in [1.165, 1.54) is 21.9 Å². The number of nitrogens with zero attached hydrogens (tertiary/aromatic N) is 6. The molecule has 12 aromatic carbocycles. The first kappa shape index (κ1) is 43.0. The molecule has 0 saturated heterocycles. The van der Waals surface area contributed by atoms with E-state index < -0.39 is 0 Å². The lowest BCUT2D eigenvalue weighted by Crippen LogP contribution is -2.41. The van der Waals surface area contributed by atoms with Gasteiger partial charge in [0.15, 0.2) is 11.2 Å². The maximum Gasteiger partial charge on any atom is 0.268 e. The van der Waals surface area contributed by atoms with Crippen LogP contribution >= 0.6 is 0 Å². The van der Waals surface area contributed by atoms with Crippen LogP contribution in [-0.4, -0.2) is 24.3 Å². The molecular formula is C70H43N6O+. The number of aromatic nitrogens is 6. The fourth-order valence-electron chi connectivity index (χ4n) is 12.0. The fourth-order valence-corrected chi connectivity index (χ4v) is 12.0. The van der Waals surface area contributed by atoms with E-state index in [2.05, 4.69) is 209 Å². The Kier molecular flexibility index (Phi) is 9.50. The van der Waals surface area contributed by atoms with Crippen LogP contribution in [-0.2, 0) is 0 Å². The second kappa shape index (κ2) is 17.0. The first-order valence-electron chi connectivity index (χ1n) is 26.0. The van der Waals surface area contributed by atoms with Gasteiger partial charge in [0, 0.05) is 55.6 Å². The van der Waals surface area contributed by atoms with Crippen LogP contribution in [0.3, 0.4) is 0 Å². The van der Waals surface area contributed by atoms with Gasteiger partial charge in [-0.2, -0.15) is 4.98 Å². The highest BCUT2D eigenvalue weighted by atomic mass is 16.3. The highest BCUT2D eigenvalue weighted by Gasteiger charge is 2.27. The molecule has 16 aromatic rings. The molecule has 0 saturated carbocycles. The molecule has 0 fully saturated rings. The molecule has 4 aromatic heterocycles. The monoisotopic (exact) mass is 983 g/mol. The van der Waals surface area contributed by atoms with Crippen molar-refractivity contribution in [2.24, 2.45) is 0 Å². The van der Waals surface area contributed by atoms with E-state index in [-0.39, 0.29) is 0 Å². The van der Waals surface area contributed by atoms with Crippen LogP contribution < -0.4 is 4.80 Å². The van der Waals surface area contributed by atoms with E-state index in [0.717, 1.165) is 116 Å². The molecule has 0 amide bonds. The lowest BCUT2D eigenvalue weighted by atomic mass is 9.96. The van der Waals surface area contributed by atoms with Gasteiger partial charge in [-0.25, -0.2) is 0 Å². The standard InChI is InChI=1S/C70H43N6O/c1-5-19-44(20-6-1)48-36-38-61-56(41-48)51-28-13-15-33-59(51)74(61)63-40-35-46-25-17-30-53-54-31-18-32-55-58(70-71-69(47-23-9-3-10-24-47)72-76(73-70)50-26-11-4-12-27-50)43-64(68(66(54)55)77-67(63)65(46)53)75-60-34-16-14-29-52(60)57-42-49(37-39-62(57)75)45-21-7-2-8-22-45/h1-43H/q+1. The minimum atomic E-state index is 0.528. The van der Waals surface area contributed by atoms with E-state index in [0.29, 0.717) is 11.6 Å². The third kappa shape index (κ3) is 6.70. The maximum atomic E-state index is 8.02. The smallest absolute Gasteiger partial charge is 0.268 e. The first-order chi connectivity index (χ1) is 38.2. The average molecular weight is 984 g/mol. The molecule has 77 heavy (non-hydrogen) atoms. The number of rotatable bonds is 7. The Balaban J connectivity index is 1.07. The van der Waals surface area contributed by atoms with Gasteiger partial charge in [0.05, 0.1) is 48.4 Å². The van der Waals surface area contributed by atoms with Crippen molar-refractivity contribution >= 4 is 87.1 Å². The highest BCUT2D eigenvalue weighted by Crippen LogP contribution is 2.47. The Morgan fingerprint density at radius 2 is 0.792 bits per heavy atom. The van der Waals surface area contributed by atoms with Gasteiger partial charge in [0.1, 0.15) is 0 Å². The topological polar surface area (TPSA) is 65.6 Å². The molecule has 0 unspecified atom stereocenters. The molecule has 0 aliphatic rings. The molecule has 0 aliphatic carbocycles. The fraction of sp³-hybridized carbons (Fsp3) is 0. The van der Waals surface area contributed by atoms with Gasteiger partial charge in [-0.15, -0.1) is 0 Å². The summed E-state index contributed by atoms with van der Waals surface area (Å²) >= 11 is 0. The molecule has 358 valence electrons. The molecule has 7 nitrogen and oxygen atoms in total. The maximum absolute atomic E-state index is 8.02. The van der Waals surface area contributed by atoms with Crippen molar-refractivity contribution in [3.63, 3.8) is 0 Å². The van der Waals surface area contributed by atoms with Crippen molar-refractivity contribution in [3.05, 3.63) is 261 Å². The number of hydrogen-bond donors (Lipinski definition) is 0. The Hall–Kier alpha value is -10.5. The molecule has 0 spiro atoms. The quantitative estimate of drug-likeness (QED) is 0.149. The van der Waals surface area contributed by atoms with Crippen LogP contribution in [0, 0.1) is 0 Å². The van der Waals surface area contributed by atoms with Gasteiger partial charge < -0.3 is 13.6 Å². The van der Waals surface area contributed by atoms with Gasteiger partial charge in [0.2, 0.25) is 11.6 Å². The zero-order valence-electron chi connectivity index (χ0n) is 41.4. The van der Waals surface area contributed by atoms with Crippen LogP contribution in [0.1, 0.15) is 0 Å². The van der Waals surface area contributed by atoms with E-state index >= 15 is 0 Å². The number of benzene rings is 12. The van der Waals surface area contributed by atoms with Crippen molar-refractivity contribution in [1.29, 1.82) is 0 Å². The summed E-state index contributed by atoms with van der Waals surface area (Å²) in [5, 5.41) is 21.2. The Bertz CT molecular complexity index is 4970. The highest BCUT2D eigenvalue weighted by molar-refractivity contribution is 6.27. The van der Waals surface area contributed by atoms with E-state index in [1.54, 1.807) is 4.80 Å². The summed E-state index contributed by atoms with van der Waals surface area (Å²) in [4.78, 5) is 7.10. The van der Waals surface area contributed by atoms with E-state index in [1.807, 2.05) is 60.7 Å². The van der Waals surface area contributed by atoms with Gasteiger partial charge in [-0.05, 0) is 92.3 Å². The van der Waals surface area contributed by atoms with E-state index in [9.17, 15) is 0 Å². The predicted molar refractivity (Wildman–Crippen MR) is 314 cm³/mol. The first-order valence-corrected chi connectivity index (χ1v) is 26.0. The summed E-state index contributed by atoms with van der Waals surface area (Å²) in [7, 11) is 0. The van der Waals surface area contributed by atoms with Crippen LogP contribution in [0.5, 0.6) is 0 Å². The minimum absolute atomic E-state index is 0.528. The second-order valence-electron chi connectivity index (χ2n) is 19.8. The molecule has 0 bridgehead atoms. The zero-order valence-corrected chi connectivity index (χ0v) is 41.4. The SMILES string of the molecule is c1ccc(-c2ccc3c(c2)c2ccccc2n3-c2ccc3cccc4c5cccc6c(-c7nc(-c8ccccc8)n[n+](-c8ccccc8)n7)cc(-n7c8ccccc8c8cc(-c9ccccc9)ccc87)c(oc2c34)c65)cc1. The summed E-state index contributed by atoms with van der Waals surface area (Å²) in [6.45, 7) is 0.